The van der Waals surface area contributed by atoms with Gasteiger partial charge in [-0.2, -0.15) is 0 Å². The quantitative estimate of drug-likeness (QED) is 0.696. The zero-order chi connectivity index (χ0) is 20.1. The van der Waals surface area contributed by atoms with E-state index in [1.54, 1.807) is 12.1 Å². The number of benzene rings is 2. The average Bonchev–Trinajstić information content (AvgIpc) is 2.68. The highest BCUT2D eigenvalue weighted by atomic mass is 35.5. The maximum Gasteiger partial charge on any atom is 0.240 e. The standard InChI is InChI=1S/C21H28ClN3O2S/c1-17-4-9-21(16-18(17)2)28(26,27)23-10-3-11-24-12-14-25(15-13-24)20-7-5-19(22)6-8-20/h4-9,16,23H,3,10-15H2,1-2H3. The van der Waals surface area contributed by atoms with Crippen LogP contribution in [0, 0.1) is 13.8 Å². The van der Waals surface area contributed by atoms with Crippen molar-refractivity contribution in [2.45, 2.75) is 25.2 Å². The summed E-state index contributed by atoms with van der Waals surface area (Å²) in [6.45, 7) is 9.14. The third-order valence-electron chi connectivity index (χ3n) is 5.30. The number of sulfonamides is 1. The van der Waals surface area contributed by atoms with Crippen LogP contribution in [0.15, 0.2) is 47.4 Å². The summed E-state index contributed by atoms with van der Waals surface area (Å²) in [4.78, 5) is 5.08. The summed E-state index contributed by atoms with van der Waals surface area (Å²) >= 11 is 5.95. The van der Waals surface area contributed by atoms with E-state index in [-0.39, 0.29) is 0 Å². The summed E-state index contributed by atoms with van der Waals surface area (Å²) in [7, 11) is -3.44. The molecule has 7 heteroatoms. The zero-order valence-corrected chi connectivity index (χ0v) is 18.1. The van der Waals surface area contributed by atoms with Gasteiger partial charge in [-0.3, -0.25) is 4.90 Å². The maximum atomic E-state index is 12.4. The molecule has 0 amide bonds. The molecular formula is C21H28ClN3O2S. The van der Waals surface area contributed by atoms with Crippen molar-refractivity contribution in [3.63, 3.8) is 0 Å². The minimum Gasteiger partial charge on any atom is -0.369 e. The van der Waals surface area contributed by atoms with Crippen molar-refractivity contribution in [1.29, 1.82) is 0 Å². The highest BCUT2D eigenvalue weighted by molar-refractivity contribution is 7.89. The van der Waals surface area contributed by atoms with Gasteiger partial charge in [0.2, 0.25) is 10.0 Å². The fourth-order valence-electron chi connectivity index (χ4n) is 3.36. The van der Waals surface area contributed by atoms with Gasteiger partial charge in [-0.25, -0.2) is 13.1 Å². The molecule has 28 heavy (non-hydrogen) atoms. The molecule has 0 aromatic heterocycles. The third kappa shape index (κ3) is 5.47. The number of rotatable bonds is 7. The second-order valence-corrected chi connectivity index (χ2v) is 9.51. The predicted molar refractivity (Wildman–Crippen MR) is 116 cm³/mol. The van der Waals surface area contributed by atoms with Crippen LogP contribution in [0.2, 0.25) is 5.02 Å². The van der Waals surface area contributed by atoms with E-state index in [1.165, 1.54) is 5.69 Å². The Hall–Kier alpha value is -1.60. The second-order valence-electron chi connectivity index (χ2n) is 7.30. The van der Waals surface area contributed by atoms with E-state index in [4.69, 9.17) is 11.6 Å². The Labute approximate surface area is 173 Å². The number of nitrogens with one attached hydrogen (secondary N) is 1. The van der Waals surface area contributed by atoms with Crippen LogP contribution in [0.25, 0.3) is 0 Å². The van der Waals surface area contributed by atoms with Crippen molar-refractivity contribution in [2.75, 3.05) is 44.2 Å². The first-order valence-corrected chi connectivity index (χ1v) is 11.5. The van der Waals surface area contributed by atoms with Crippen molar-refractivity contribution >= 4 is 27.3 Å². The van der Waals surface area contributed by atoms with Crippen LogP contribution >= 0.6 is 11.6 Å². The van der Waals surface area contributed by atoms with Crippen molar-refractivity contribution in [1.82, 2.24) is 9.62 Å². The lowest BCUT2D eigenvalue weighted by molar-refractivity contribution is 0.255. The summed E-state index contributed by atoms with van der Waals surface area (Å²) in [6.07, 6.45) is 0.797. The third-order valence-corrected chi connectivity index (χ3v) is 7.01. The van der Waals surface area contributed by atoms with Crippen LogP contribution in [0.5, 0.6) is 0 Å². The van der Waals surface area contributed by atoms with Gasteiger partial charge in [0.05, 0.1) is 4.90 Å². The molecule has 1 aliphatic rings. The molecule has 1 N–H and O–H groups in total. The molecule has 1 heterocycles. The first-order valence-electron chi connectivity index (χ1n) is 9.65. The normalized spacial score (nSPS) is 15.8. The predicted octanol–water partition coefficient (Wildman–Crippen LogP) is 3.45. The van der Waals surface area contributed by atoms with Gasteiger partial charge in [0.15, 0.2) is 0 Å². The minimum atomic E-state index is -3.44. The first-order chi connectivity index (χ1) is 13.3. The zero-order valence-electron chi connectivity index (χ0n) is 16.5. The lowest BCUT2D eigenvalue weighted by Gasteiger charge is -2.36. The van der Waals surface area contributed by atoms with Crippen LogP contribution in [-0.4, -0.2) is 52.6 Å². The highest BCUT2D eigenvalue weighted by Gasteiger charge is 2.18. The molecule has 2 aromatic rings. The van der Waals surface area contributed by atoms with Crippen molar-refractivity contribution in [2.24, 2.45) is 0 Å². The van der Waals surface area contributed by atoms with Gasteiger partial charge in [-0.15, -0.1) is 0 Å². The fourth-order valence-corrected chi connectivity index (χ4v) is 4.64. The van der Waals surface area contributed by atoms with E-state index < -0.39 is 10.0 Å². The van der Waals surface area contributed by atoms with Crippen molar-refractivity contribution < 1.29 is 8.42 Å². The topological polar surface area (TPSA) is 52.7 Å². The molecule has 3 rings (SSSR count). The van der Waals surface area contributed by atoms with Gasteiger partial charge in [0.25, 0.3) is 0 Å². The number of nitrogens with zero attached hydrogens (tertiary/aromatic N) is 2. The van der Waals surface area contributed by atoms with Crippen LogP contribution in [0.1, 0.15) is 17.5 Å². The molecule has 0 unspecified atom stereocenters. The molecule has 1 fully saturated rings. The van der Waals surface area contributed by atoms with E-state index in [1.807, 2.05) is 32.0 Å². The van der Waals surface area contributed by atoms with Crippen LogP contribution in [0.4, 0.5) is 5.69 Å². The van der Waals surface area contributed by atoms with Gasteiger partial charge in [-0.1, -0.05) is 17.7 Å². The Morgan fingerprint density at radius 3 is 2.29 bits per heavy atom. The monoisotopic (exact) mass is 421 g/mol. The molecule has 152 valence electrons. The molecule has 0 aliphatic carbocycles. The molecule has 2 aromatic carbocycles. The number of aryl methyl sites for hydroxylation is 2. The Bertz CT molecular complexity index is 892. The molecule has 1 saturated heterocycles. The number of anilines is 1. The van der Waals surface area contributed by atoms with Gasteiger partial charge in [0.1, 0.15) is 0 Å². The Balaban J connectivity index is 1.41. The van der Waals surface area contributed by atoms with Gasteiger partial charge < -0.3 is 4.90 Å². The largest absolute Gasteiger partial charge is 0.369 e. The van der Waals surface area contributed by atoms with Gasteiger partial charge in [-0.05, 0) is 74.3 Å². The average molecular weight is 422 g/mol. The molecule has 0 radical (unpaired) electrons. The SMILES string of the molecule is Cc1ccc(S(=O)(=O)NCCCN2CCN(c3ccc(Cl)cc3)CC2)cc1C. The van der Waals surface area contributed by atoms with Crippen molar-refractivity contribution in [3.8, 4) is 0 Å². The number of hydrogen-bond donors (Lipinski definition) is 1. The molecule has 5 nitrogen and oxygen atoms in total. The maximum absolute atomic E-state index is 12.4. The van der Waals surface area contributed by atoms with Crippen LogP contribution in [0.3, 0.4) is 0 Å². The van der Waals surface area contributed by atoms with Crippen LogP contribution < -0.4 is 9.62 Å². The number of hydrogen-bond acceptors (Lipinski definition) is 4. The second kappa shape index (κ2) is 9.27. The number of piperazine rings is 1. The molecule has 1 aliphatic heterocycles. The molecule has 0 bridgehead atoms. The molecule has 0 atom stereocenters. The Kier molecular flexibility index (Phi) is 6.99. The molecule has 0 spiro atoms. The summed E-state index contributed by atoms with van der Waals surface area (Å²) < 4.78 is 27.6. The van der Waals surface area contributed by atoms with Gasteiger partial charge in [0, 0.05) is 43.4 Å². The lowest BCUT2D eigenvalue weighted by Crippen LogP contribution is -2.47. The van der Waals surface area contributed by atoms with E-state index in [9.17, 15) is 8.42 Å². The summed E-state index contributed by atoms with van der Waals surface area (Å²) in [5.41, 5.74) is 3.28. The minimum absolute atomic E-state index is 0.340. The Morgan fingerprint density at radius 2 is 1.64 bits per heavy atom. The van der Waals surface area contributed by atoms with E-state index in [0.717, 1.165) is 55.3 Å². The first kappa shape index (κ1) is 21.1. The summed E-state index contributed by atoms with van der Waals surface area (Å²) in [6, 6.07) is 13.2. The van der Waals surface area contributed by atoms with Crippen molar-refractivity contribution in [3.05, 3.63) is 58.6 Å². The number of halogens is 1. The smallest absolute Gasteiger partial charge is 0.240 e. The summed E-state index contributed by atoms with van der Waals surface area (Å²) in [5, 5.41) is 0.755. The lowest BCUT2D eigenvalue weighted by atomic mass is 10.1. The van der Waals surface area contributed by atoms with E-state index >= 15 is 0 Å². The highest BCUT2D eigenvalue weighted by Crippen LogP contribution is 2.19. The fraction of sp³-hybridized carbons (Fsp3) is 0.429. The summed E-state index contributed by atoms with van der Waals surface area (Å²) in [5.74, 6) is 0. The van der Waals surface area contributed by atoms with E-state index in [2.05, 4.69) is 26.7 Å². The van der Waals surface area contributed by atoms with E-state index in [0.29, 0.717) is 11.4 Å². The Morgan fingerprint density at radius 1 is 0.964 bits per heavy atom. The molecular weight excluding hydrogens is 394 g/mol. The van der Waals surface area contributed by atoms with Gasteiger partial charge >= 0.3 is 0 Å². The van der Waals surface area contributed by atoms with Crippen LogP contribution in [-0.2, 0) is 10.0 Å². The molecule has 0 saturated carbocycles.